The van der Waals surface area contributed by atoms with Gasteiger partial charge in [-0.15, -0.1) is 0 Å². The Morgan fingerprint density at radius 1 is 1.05 bits per heavy atom. The molecule has 43 heavy (non-hydrogen) atoms. The molecule has 5 rings (SSSR count). The van der Waals surface area contributed by atoms with E-state index < -0.39 is 33.2 Å². The summed E-state index contributed by atoms with van der Waals surface area (Å²) in [5.74, 6) is -5.96. The number of alkyl halides is 5. The van der Waals surface area contributed by atoms with Crippen molar-refractivity contribution in [2.45, 2.75) is 30.8 Å². The highest BCUT2D eigenvalue weighted by molar-refractivity contribution is 7.91. The topological polar surface area (TPSA) is 141 Å². The van der Waals surface area contributed by atoms with Crippen LogP contribution in [0.25, 0.3) is 34.2 Å². The maximum atomic E-state index is 14.0. The summed E-state index contributed by atoms with van der Waals surface area (Å²) in [7, 11) is -2.64. The fourth-order valence-electron chi connectivity index (χ4n) is 4.26. The molecule has 0 bridgehead atoms. The average Bonchev–Trinajstić information content (AvgIpc) is 3.51. The summed E-state index contributed by atoms with van der Waals surface area (Å²) in [6, 6.07) is 9.67. The van der Waals surface area contributed by atoms with Crippen molar-refractivity contribution in [3.05, 3.63) is 76.1 Å². The van der Waals surface area contributed by atoms with Gasteiger partial charge in [-0.05, 0) is 42.8 Å². The van der Waals surface area contributed by atoms with E-state index in [0.29, 0.717) is 29.1 Å². The number of rotatable bonds is 6. The molecule has 0 saturated carbocycles. The smallest absolute Gasteiger partial charge is 0.310 e. The molecular weight excluding hydrogens is 599 g/mol. The summed E-state index contributed by atoms with van der Waals surface area (Å²) in [4.78, 5) is 25.1. The molecular formula is C26H19F5N8O3S. The van der Waals surface area contributed by atoms with Crippen LogP contribution in [0.4, 0.5) is 22.0 Å². The predicted octanol–water partition coefficient (Wildman–Crippen LogP) is 3.99. The van der Waals surface area contributed by atoms with E-state index in [0.717, 1.165) is 15.3 Å². The molecule has 222 valence electrons. The highest BCUT2D eigenvalue weighted by atomic mass is 32.2. The lowest BCUT2D eigenvalue weighted by molar-refractivity contribution is -0.289. The van der Waals surface area contributed by atoms with Crippen molar-refractivity contribution in [3.8, 4) is 29.1 Å². The van der Waals surface area contributed by atoms with Gasteiger partial charge in [-0.3, -0.25) is 0 Å². The van der Waals surface area contributed by atoms with Gasteiger partial charge in [0.05, 0.1) is 33.5 Å². The van der Waals surface area contributed by atoms with Crippen molar-refractivity contribution in [1.29, 1.82) is 5.26 Å². The second-order valence-corrected chi connectivity index (χ2v) is 11.6. The van der Waals surface area contributed by atoms with Gasteiger partial charge in [-0.2, -0.15) is 37.0 Å². The fraction of sp³-hybridized carbons (Fsp3) is 0.231. The molecule has 4 aromatic heterocycles. The highest BCUT2D eigenvalue weighted by Gasteiger charge is 2.59. The largest absolute Gasteiger partial charge is 0.458 e. The van der Waals surface area contributed by atoms with E-state index >= 15 is 0 Å². The summed E-state index contributed by atoms with van der Waals surface area (Å²) in [5, 5.41) is 13.4. The van der Waals surface area contributed by atoms with Gasteiger partial charge in [-0.25, -0.2) is 32.7 Å². The van der Waals surface area contributed by atoms with E-state index in [1.54, 1.807) is 19.1 Å². The van der Waals surface area contributed by atoms with Crippen molar-refractivity contribution >= 4 is 21.0 Å². The molecule has 0 unspecified atom stereocenters. The first-order valence-electron chi connectivity index (χ1n) is 12.3. The third-order valence-electron chi connectivity index (χ3n) is 6.70. The molecule has 0 aliphatic heterocycles. The van der Waals surface area contributed by atoms with Gasteiger partial charge >= 0.3 is 17.8 Å². The minimum absolute atomic E-state index is 0.127. The Balaban J connectivity index is 1.70. The first-order valence-corrected chi connectivity index (χ1v) is 14.0. The SMILES string of the molecule is CCS(=O)(=O)c1ccc(-n2ncn(-c3ccc(C)c(C#N)c3)c2=O)nc1-c1nc2cc(C(F)(F)C(F)(F)F)cnc2n1C. The van der Waals surface area contributed by atoms with Crippen LogP contribution in [-0.2, 0) is 22.8 Å². The lowest BCUT2D eigenvalue weighted by Crippen LogP contribution is -2.33. The summed E-state index contributed by atoms with van der Waals surface area (Å²) >= 11 is 0. The molecule has 17 heteroatoms. The van der Waals surface area contributed by atoms with Crippen LogP contribution in [0.15, 0.2) is 58.6 Å². The molecule has 11 nitrogen and oxygen atoms in total. The minimum atomic E-state index is -5.89. The second kappa shape index (κ2) is 10.1. The number of hydrogen-bond acceptors (Lipinski definition) is 8. The van der Waals surface area contributed by atoms with E-state index in [1.807, 2.05) is 6.07 Å². The molecule has 0 N–H and O–H groups in total. The Hall–Kier alpha value is -4.98. The summed E-state index contributed by atoms with van der Waals surface area (Å²) in [6.45, 7) is 3.10. The number of sulfone groups is 1. The van der Waals surface area contributed by atoms with Gasteiger partial charge in [0, 0.05) is 13.2 Å². The summed E-state index contributed by atoms with van der Waals surface area (Å²) < 4.78 is 96.0. The standard InChI is InChI=1S/C26H19F5N8O3S/c1-4-43(41,42)19-7-8-20(39-24(40)38(13-34-39)17-6-5-14(2)15(9-17)11-32)36-21(19)23-35-18-10-16(12-33-22(18)37(23)3)25(27,28)26(29,30)31/h5-10,12-13H,4H2,1-3H3. The van der Waals surface area contributed by atoms with Crippen LogP contribution in [-0.4, -0.2) is 54.2 Å². The molecule has 0 amide bonds. The van der Waals surface area contributed by atoms with Gasteiger partial charge in [0.1, 0.15) is 17.5 Å². The van der Waals surface area contributed by atoms with Crippen molar-refractivity contribution < 1.29 is 30.4 Å². The second-order valence-electron chi connectivity index (χ2n) is 9.36. The van der Waals surface area contributed by atoms with E-state index in [4.69, 9.17) is 0 Å². The molecule has 5 aromatic rings. The number of hydrogen-bond donors (Lipinski definition) is 0. The maximum absolute atomic E-state index is 14.0. The molecule has 0 radical (unpaired) electrons. The molecule has 4 heterocycles. The van der Waals surface area contributed by atoms with Crippen LogP contribution in [0.1, 0.15) is 23.6 Å². The molecule has 1 aromatic carbocycles. The van der Waals surface area contributed by atoms with Gasteiger partial charge in [-0.1, -0.05) is 13.0 Å². The Kier molecular flexibility index (Phi) is 6.92. The van der Waals surface area contributed by atoms with Crippen LogP contribution < -0.4 is 5.69 Å². The Morgan fingerprint density at radius 2 is 1.77 bits per heavy atom. The molecule has 0 spiro atoms. The van der Waals surface area contributed by atoms with Crippen molar-refractivity contribution in [2.24, 2.45) is 7.05 Å². The van der Waals surface area contributed by atoms with Gasteiger partial charge in [0.15, 0.2) is 27.1 Å². The summed E-state index contributed by atoms with van der Waals surface area (Å²) in [5.41, 5.74) is -1.63. The Morgan fingerprint density at radius 3 is 2.42 bits per heavy atom. The number of halogens is 5. The van der Waals surface area contributed by atoms with E-state index in [9.17, 15) is 40.4 Å². The number of aryl methyl sites for hydroxylation is 2. The van der Waals surface area contributed by atoms with E-state index in [1.165, 1.54) is 37.0 Å². The number of pyridine rings is 2. The number of imidazole rings is 1. The zero-order valence-electron chi connectivity index (χ0n) is 22.4. The van der Waals surface area contributed by atoms with Crippen LogP contribution in [0, 0.1) is 18.3 Å². The Bertz CT molecular complexity index is 2130. The number of aromatic nitrogens is 7. The van der Waals surface area contributed by atoms with Crippen molar-refractivity contribution in [2.75, 3.05) is 5.75 Å². The normalized spacial score (nSPS) is 12.5. The summed E-state index contributed by atoms with van der Waals surface area (Å²) in [6.07, 6.45) is -4.35. The molecule has 0 saturated heterocycles. The molecule has 0 aliphatic carbocycles. The van der Waals surface area contributed by atoms with Gasteiger partial charge < -0.3 is 4.57 Å². The Labute approximate surface area is 239 Å². The van der Waals surface area contributed by atoms with Crippen LogP contribution in [0.3, 0.4) is 0 Å². The lowest BCUT2D eigenvalue weighted by atomic mass is 10.1. The molecule has 0 atom stereocenters. The fourth-order valence-corrected chi connectivity index (χ4v) is 5.28. The zero-order valence-corrected chi connectivity index (χ0v) is 23.2. The predicted molar refractivity (Wildman–Crippen MR) is 142 cm³/mol. The minimum Gasteiger partial charge on any atom is -0.310 e. The van der Waals surface area contributed by atoms with Gasteiger partial charge in [0.2, 0.25) is 0 Å². The molecule has 0 aliphatic rings. The molecule has 0 fully saturated rings. The van der Waals surface area contributed by atoms with Crippen LogP contribution in [0.5, 0.6) is 0 Å². The van der Waals surface area contributed by atoms with Crippen LogP contribution >= 0.6 is 0 Å². The quantitative estimate of drug-likeness (QED) is 0.260. The lowest BCUT2D eigenvalue weighted by Gasteiger charge is -2.19. The first kappa shape index (κ1) is 29.5. The van der Waals surface area contributed by atoms with Crippen LogP contribution in [0.2, 0.25) is 0 Å². The number of fused-ring (bicyclic) bond motifs is 1. The van der Waals surface area contributed by atoms with E-state index in [2.05, 4.69) is 20.1 Å². The van der Waals surface area contributed by atoms with E-state index in [-0.39, 0.29) is 39.1 Å². The van der Waals surface area contributed by atoms with Crippen molar-refractivity contribution in [1.82, 2.24) is 33.9 Å². The first-order chi connectivity index (χ1) is 20.1. The van der Waals surface area contributed by atoms with Crippen molar-refractivity contribution in [3.63, 3.8) is 0 Å². The van der Waals surface area contributed by atoms with Gasteiger partial charge in [0.25, 0.3) is 0 Å². The monoisotopic (exact) mass is 618 g/mol. The zero-order chi connectivity index (χ0) is 31.5. The number of nitriles is 1. The third kappa shape index (κ3) is 4.82. The number of benzene rings is 1. The third-order valence-corrected chi connectivity index (χ3v) is 8.46. The number of nitrogens with zero attached hydrogens (tertiary/aromatic N) is 8. The maximum Gasteiger partial charge on any atom is 0.458 e. The highest BCUT2D eigenvalue weighted by Crippen LogP contribution is 2.44. The average molecular weight is 619 g/mol.